The number of hydrogen-bond acceptors (Lipinski definition) is 4. The Morgan fingerprint density at radius 2 is 2.00 bits per heavy atom. The molecule has 2 aliphatic rings. The van der Waals surface area contributed by atoms with Gasteiger partial charge >= 0.3 is 6.18 Å². The van der Waals surface area contributed by atoms with E-state index in [1.165, 1.54) is 7.05 Å². The van der Waals surface area contributed by atoms with E-state index >= 15 is 0 Å². The van der Waals surface area contributed by atoms with Crippen molar-refractivity contribution in [3.8, 4) is 0 Å². The maximum absolute atomic E-state index is 12.9. The van der Waals surface area contributed by atoms with Gasteiger partial charge in [-0.05, 0) is 12.0 Å². The molecule has 2 fully saturated rings. The maximum Gasteiger partial charge on any atom is 0.433 e. The minimum absolute atomic E-state index is 0.0166. The van der Waals surface area contributed by atoms with E-state index in [-0.39, 0.29) is 23.9 Å². The number of nitrogens with one attached hydrogen (secondary N) is 1. The molecule has 0 spiro atoms. The SMILES string of the molecule is Cn1nc(C(=O)N[C@@H]2C[C@H]3CO[C@@H](c4ccccc4)CN3C2)cc1C(F)(F)F. The van der Waals surface area contributed by atoms with E-state index in [0.717, 1.165) is 18.2 Å². The first-order valence-corrected chi connectivity index (χ1v) is 9.14. The van der Waals surface area contributed by atoms with E-state index in [0.29, 0.717) is 24.3 Å². The van der Waals surface area contributed by atoms with Gasteiger partial charge in [-0.3, -0.25) is 14.4 Å². The molecule has 1 N–H and O–H groups in total. The van der Waals surface area contributed by atoms with E-state index in [1.54, 1.807) is 0 Å². The van der Waals surface area contributed by atoms with Crippen molar-refractivity contribution in [3.05, 3.63) is 53.3 Å². The summed E-state index contributed by atoms with van der Waals surface area (Å²) in [5.41, 5.74) is -0.0553. The molecule has 28 heavy (non-hydrogen) atoms. The molecule has 1 aromatic carbocycles. The number of morpholine rings is 1. The van der Waals surface area contributed by atoms with Crippen molar-refractivity contribution < 1.29 is 22.7 Å². The Morgan fingerprint density at radius 1 is 1.25 bits per heavy atom. The van der Waals surface area contributed by atoms with Gasteiger partial charge in [-0.25, -0.2) is 0 Å². The number of carbonyl (C=O) groups excluding carboxylic acids is 1. The van der Waals surface area contributed by atoms with Gasteiger partial charge in [0.1, 0.15) is 5.69 Å². The molecule has 0 aliphatic carbocycles. The average Bonchev–Trinajstić information content (AvgIpc) is 3.24. The number of ether oxygens (including phenoxy) is 1. The summed E-state index contributed by atoms with van der Waals surface area (Å²) in [4.78, 5) is 14.7. The van der Waals surface area contributed by atoms with Gasteiger partial charge in [0.15, 0.2) is 5.69 Å². The van der Waals surface area contributed by atoms with E-state index < -0.39 is 17.8 Å². The van der Waals surface area contributed by atoms with Gasteiger partial charge in [-0.2, -0.15) is 18.3 Å². The Morgan fingerprint density at radius 3 is 2.68 bits per heavy atom. The first-order valence-electron chi connectivity index (χ1n) is 9.14. The van der Waals surface area contributed by atoms with Gasteiger partial charge in [0.05, 0.1) is 12.7 Å². The van der Waals surface area contributed by atoms with Crippen molar-refractivity contribution in [1.82, 2.24) is 20.0 Å². The number of fused-ring (bicyclic) bond motifs is 1. The molecule has 1 aromatic heterocycles. The minimum atomic E-state index is -4.54. The smallest absolute Gasteiger partial charge is 0.371 e. The number of nitrogens with zero attached hydrogens (tertiary/aromatic N) is 3. The highest BCUT2D eigenvalue weighted by Gasteiger charge is 2.39. The zero-order valence-electron chi connectivity index (χ0n) is 15.3. The first kappa shape index (κ1) is 18.9. The molecule has 2 aromatic rings. The quantitative estimate of drug-likeness (QED) is 0.869. The molecule has 0 saturated carbocycles. The number of hydrogen-bond donors (Lipinski definition) is 1. The minimum Gasteiger partial charge on any atom is -0.371 e. The van der Waals surface area contributed by atoms with E-state index in [9.17, 15) is 18.0 Å². The Bertz CT molecular complexity index is 853. The second-order valence-corrected chi connectivity index (χ2v) is 7.28. The standard InChI is InChI=1S/C19H21F3N4O2/c1-25-17(19(20,21)22)8-15(24-25)18(27)23-13-7-14-11-28-16(10-26(14)9-13)12-5-3-2-4-6-12/h2-6,8,13-14,16H,7,9-11H2,1H3,(H,23,27)/t13-,14+,16-/m1/s1. The lowest BCUT2D eigenvalue weighted by Gasteiger charge is -2.35. The van der Waals surface area contributed by atoms with Crippen LogP contribution in [0.2, 0.25) is 0 Å². The van der Waals surface area contributed by atoms with Crippen LogP contribution in [0.3, 0.4) is 0 Å². The highest BCUT2D eigenvalue weighted by atomic mass is 19.4. The molecular formula is C19H21F3N4O2. The van der Waals surface area contributed by atoms with Crippen LogP contribution in [0, 0.1) is 0 Å². The Kier molecular flexibility index (Phi) is 4.88. The summed E-state index contributed by atoms with van der Waals surface area (Å²) in [5.74, 6) is -0.587. The molecule has 6 nitrogen and oxygen atoms in total. The Labute approximate surface area is 160 Å². The summed E-state index contributed by atoms with van der Waals surface area (Å²) < 4.78 is 45.3. The van der Waals surface area contributed by atoms with Gasteiger partial charge in [-0.15, -0.1) is 0 Å². The molecule has 0 bridgehead atoms. The molecule has 2 aliphatic heterocycles. The summed E-state index contributed by atoms with van der Waals surface area (Å²) >= 11 is 0. The van der Waals surface area contributed by atoms with Crippen molar-refractivity contribution in [3.63, 3.8) is 0 Å². The third-order valence-electron chi connectivity index (χ3n) is 5.33. The van der Waals surface area contributed by atoms with Gasteiger partial charge in [-0.1, -0.05) is 30.3 Å². The second-order valence-electron chi connectivity index (χ2n) is 7.28. The van der Waals surface area contributed by atoms with Crippen molar-refractivity contribution in [2.45, 2.75) is 30.8 Å². The summed E-state index contributed by atoms with van der Waals surface area (Å²) in [6.07, 6.45) is -3.86. The molecule has 0 radical (unpaired) electrons. The van der Waals surface area contributed by atoms with Crippen LogP contribution in [0.1, 0.15) is 34.3 Å². The monoisotopic (exact) mass is 394 g/mol. The van der Waals surface area contributed by atoms with Crippen LogP contribution in [0.5, 0.6) is 0 Å². The van der Waals surface area contributed by atoms with Crippen LogP contribution >= 0.6 is 0 Å². The Hall–Kier alpha value is -2.39. The van der Waals surface area contributed by atoms with Crippen molar-refractivity contribution >= 4 is 5.91 Å². The number of aryl methyl sites for hydroxylation is 1. The molecule has 3 heterocycles. The number of carbonyl (C=O) groups is 1. The van der Waals surface area contributed by atoms with Crippen molar-refractivity contribution in [1.29, 1.82) is 0 Å². The van der Waals surface area contributed by atoms with Crippen LogP contribution in [-0.2, 0) is 18.0 Å². The lowest BCUT2D eigenvalue weighted by atomic mass is 10.1. The number of amides is 1. The van der Waals surface area contributed by atoms with Crippen LogP contribution in [0.4, 0.5) is 13.2 Å². The number of rotatable bonds is 3. The van der Waals surface area contributed by atoms with E-state index in [2.05, 4.69) is 15.3 Å². The average molecular weight is 394 g/mol. The Balaban J connectivity index is 1.38. The van der Waals surface area contributed by atoms with Crippen LogP contribution in [0.25, 0.3) is 0 Å². The zero-order valence-corrected chi connectivity index (χ0v) is 15.3. The van der Waals surface area contributed by atoms with Crippen LogP contribution in [-0.4, -0.2) is 52.4 Å². The number of alkyl halides is 3. The van der Waals surface area contributed by atoms with Crippen LogP contribution in [0.15, 0.2) is 36.4 Å². The molecule has 9 heteroatoms. The van der Waals surface area contributed by atoms with Gasteiger partial charge in [0, 0.05) is 38.3 Å². The highest BCUT2D eigenvalue weighted by molar-refractivity contribution is 5.92. The summed E-state index contributed by atoms with van der Waals surface area (Å²) in [7, 11) is 1.18. The van der Waals surface area contributed by atoms with Crippen molar-refractivity contribution in [2.24, 2.45) is 7.05 Å². The first-order chi connectivity index (χ1) is 13.3. The number of aromatic nitrogens is 2. The highest BCUT2D eigenvalue weighted by Crippen LogP contribution is 2.31. The maximum atomic E-state index is 12.9. The predicted molar refractivity (Wildman–Crippen MR) is 94.6 cm³/mol. The molecule has 2 saturated heterocycles. The zero-order chi connectivity index (χ0) is 19.9. The molecular weight excluding hydrogens is 373 g/mol. The predicted octanol–water partition coefficient (Wildman–Crippen LogP) is 2.38. The fraction of sp³-hybridized carbons (Fsp3) is 0.474. The fourth-order valence-electron chi connectivity index (χ4n) is 3.95. The lowest BCUT2D eigenvalue weighted by Crippen LogP contribution is -2.43. The fourth-order valence-corrected chi connectivity index (χ4v) is 3.95. The molecule has 150 valence electrons. The van der Waals surface area contributed by atoms with Gasteiger partial charge in [0.2, 0.25) is 0 Å². The lowest BCUT2D eigenvalue weighted by molar-refractivity contribution is -0.143. The van der Waals surface area contributed by atoms with E-state index in [1.807, 2.05) is 30.3 Å². The normalized spacial score (nSPS) is 25.5. The van der Waals surface area contributed by atoms with Crippen LogP contribution < -0.4 is 5.32 Å². The summed E-state index contributed by atoms with van der Waals surface area (Å²) in [6.45, 7) is 1.93. The van der Waals surface area contributed by atoms with E-state index in [4.69, 9.17) is 4.74 Å². The summed E-state index contributed by atoms with van der Waals surface area (Å²) in [5, 5.41) is 6.53. The third kappa shape index (κ3) is 3.77. The van der Waals surface area contributed by atoms with Crippen molar-refractivity contribution in [2.75, 3.05) is 19.7 Å². The molecule has 0 unspecified atom stereocenters. The molecule has 4 rings (SSSR count). The topological polar surface area (TPSA) is 59.4 Å². The summed E-state index contributed by atoms with van der Waals surface area (Å²) in [6, 6.07) is 10.8. The van der Waals surface area contributed by atoms with Gasteiger partial charge in [0.25, 0.3) is 5.91 Å². The largest absolute Gasteiger partial charge is 0.433 e. The number of halogens is 3. The third-order valence-corrected chi connectivity index (χ3v) is 5.33. The van der Waals surface area contributed by atoms with Gasteiger partial charge < -0.3 is 10.1 Å². The number of benzene rings is 1. The molecule has 3 atom stereocenters. The second kappa shape index (κ2) is 7.21. The molecule has 1 amide bonds.